The van der Waals surface area contributed by atoms with E-state index in [9.17, 15) is 24.3 Å². The summed E-state index contributed by atoms with van der Waals surface area (Å²) in [6, 6.07) is 5.34. The number of carboxylic acid groups (broad SMARTS) is 1. The molecule has 0 spiro atoms. The van der Waals surface area contributed by atoms with E-state index in [-0.39, 0.29) is 31.4 Å². The highest BCUT2D eigenvalue weighted by Gasteiger charge is 2.61. The molecule has 13 nitrogen and oxygen atoms in total. The molecule has 2 aliphatic carbocycles. The number of amides is 3. The number of fused-ring (bicyclic) bond motifs is 3. The molecule has 2 aliphatic heterocycles. The highest BCUT2D eigenvalue weighted by molar-refractivity contribution is 7.16. The number of aromatic nitrogens is 3. The van der Waals surface area contributed by atoms with Crippen LogP contribution < -0.4 is 15.4 Å². The molecule has 0 unspecified atom stereocenters. The maximum absolute atomic E-state index is 14.3. The lowest BCUT2D eigenvalue weighted by Crippen LogP contribution is -2.56. The van der Waals surface area contributed by atoms with E-state index in [1.165, 1.54) is 16.2 Å². The first-order valence-corrected chi connectivity index (χ1v) is 17.5. The molecule has 3 fully saturated rings. The number of alkyl carbamates (subject to hydrolysis) is 1. The van der Waals surface area contributed by atoms with Gasteiger partial charge in [0.2, 0.25) is 17.7 Å². The molecule has 3 aromatic heterocycles. The van der Waals surface area contributed by atoms with Crippen molar-refractivity contribution in [1.29, 1.82) is 0 Å². The number of carbonyl (C=O) groups excluding carboxylic acids is 3. The van der Waals surface area contributed by atoms with Crippen LogP contribution >= 0.6 is 11.3 Å². The highest BCUT2D eigenvalue weighted by Crippen LogP contribution is 2.45. The summed E-state index contributed by atoms with van der Waals surface area (Å²) < 4.78 is 12.0. The molecule has 0 bridgehead atoms. The van der Waals surface area contributed by atoms with Crippen LogP contribution in [0.5, 0.6) is 5.88 Å². The Morgan fingerprint density at radius 3 is 2.71 bits per heavy atom. The van der Waals surface area contributed by atoms with Gasteiger partial charge in [-0.1, -0.05) is 31.1 Å². The number of carboxylic acids is 1. The Bertz CT molecular complexity index is 1730. The van der Waals surface area contributed by atoms with Crippen LogP contribution in [0, 0.1) is 5.92 Å². The third kappa shape index (κ3) is 6.58. The van der Waals surface area contributed by atoms with E-state index in [0.29, 0.717) is 40.5 Å². The first-order chi connectivity index (χ1) is 23.3. The number of ether oxygens (including phenoxy) is 2. The molecule has 48 heavy (non-hydrogen) atoms. The zero-order valence-electron chi connectivity index (χ0n) is 26.4. The van der Waals surface area contributed by atoms with Crippen molar-refractivity contribution in [2.24, 2.45) is 5.92 Å². The van der Waals surface area contributed by atoms with Crippen molar-refractivity contribution >= 4 is 45.4 Å². The van der Waals surface area contributed by atoms with Gasteiger partial charge in [-0.3, -0.25) is 14.6 Å². The molecule has 7 rings (SSSR count). The van der Waals surface area contributed by atoms with E-state index in [1.807, 2.05) is 29.7 Å². The van der Waals surface area contributed by atoms with Gasteiger partial charge in [-0.05, 0) is 68.5 Å². The summed E-state index contributed by atoms with van der Waals surface area (Å²) >= 11 is 1.43. The fraction of sp³-hybridized carbons (Fsp3) is 0.500. The number of hydrogen-bond acceptors (Lipinski definition) is 10. The van der Waals surface area contributed by atoms with Gasteiger partial charge < -0.3 is 30.1 Å². The SMILES string of the molecule is O=C(N[C@H]1CCCCCC=C[C@@H]2C[C@@]2(C(=O)O)NC(=O)[C@@H]2C[C@@H](Oc3nc(-c4ccccn4)nc4sccc34)CN2C1=O)OC1CCC1. The Kier molecular flexibility index (Phi) is 8.99. The van der Waals surface area contributed by atoms with Crippen molar-refractivity contribution < 1.29 is 33.8 Å². The summed E-state index contributed by atoms with van der Waals surface area (Å²) in [7, 11) is 0. The number of nitrogens with zero attached hydrogens (tertiary/aromatic N) is 4. The Balaban J connectivity index is 1.18. The molecule has 3 amide bonds. The quantitative estimate of drug-likeness (QED) is 0.321. The minimum absolute atomic E-state index is 0.0325. The second kappa shape index (κ2) is 13.5. The third-order valence-electron chi connectivity index (χ3n) is 9.70. The maximum atomic E-state index is 14.3. The Labute approximate surface area is 281 Å². The van der Waals surface area contributed by atoms with Crippen LogP contribution in [0.1, 0.15) is 64.2 Å². The second-order valence-electron chi connectivity index (χ2n) is 13.0. The van der Waals surface area contributed by atoms with E-state index < -0.39 is 47.6 Å². The summed E-state index contributed by atoms with van der Waals surface area (Å²) in [5.74, 6) is -1.77. The molecule has 1 saturated heterocycles. The van der Waals surface area contributed by atoms with Crippen LogP contribution in [0.2, 0.25) is 0 Å². The zero-order chi connectivity index (χ0) is 33.3. The summed E-state index contributed by atoms with van der Waals surface area (Å²) in [6.45, 7) is 0.0325. The average Bonchev–Trinajstić information content (AvgIpc) is 3.35. The molecule has 3 N–H and O–H groups in total. The van der Waals surface area contributed by atoms with Crippen molar-refractivity contribution in [2.75, 3.05) is 6.54 Å². The van der Waals surface area contributed by atoms with Crippen molar-refractivity contribution in [3.8, 4) is 17.4 Å². The molecule has 3 aromatic rings. The Morgan fingerprint density at radius 1 is 1.06 bits per heavy atom. The van der Waals surface area contributed by atoms with E-state index >= 15 is 0 Å². The lowest BCUT2D eigenvalue weighted by Gasteiger charge is -2.30. The minimum atomic E-state index is -1.43. The van der Waals surface area contributed by atoms with Crippen LogP contribution in [-0.2, 0) is 19.1 Å². The number of aliphatic carboxylic acids is 1. The van der Waals surface area contributed by atoms with E-state index in [2.05, 4.69) is 25.6 Å². The van der Waals surface area contributed by atoms with Crippen molar-refractivity contribution in [3.63, 3.8) is 0 Å². The van der Waals surface area contributed by atoms with Crippen LogP contribution in [-0.4, -0.2) is 85.2 Å². The summed E-state index contributed by atoms with van der Waals surface area (Å²) in [6.07, 6.45) is 10.4. The molecule has 5 heterocycles. The normalized spacial score (nSPS) is 27.9. The maximum Gasteiger partial charge on any atom is 0.408 e. The molecule has 0 radical (unpaired) electrons. The van der Waals surface area contributed by atoms with Crippen molar-refractivity contribution in [1.82, 2.24) is 30.5 Å². The van der Waals surface area contributed by atoms with Crippen LogP contribution in [0.3, 0.4) is 0 Å². The first-order valence-electron chi connectivity index (χ1n) is 16.6. The smallest absolute Gasteiger partial charge is 0.408 e. The van der Waals surface area contributed by atoms with Crippen LogP contribution in [0.15, 0.2) is 48.0 Å². The number of allylic oxidation sites excluding steroid dienone is 1. The lowest BCUT2D eigenvalue weighted by molar-refractivity contribution is -0.145. The fourth-order valence-electron chi connectivity index (χ4n) is 6.65. The number of nitrogens with one attached hydrogen (secondary N) is 2. The van der Waals surface area contributed by atoms with Gasteiger partial charge in [-0.25, -0.2) is 14.6 Å². The van der Waals surface area contributed by atoms with Crippen LogP contribution in [0.4, 0.5) is 4.79 Å². The molecule has 5 atom stereocenters. The van der Waals surface area contributed by atoms with E-state index in [1.54, 1.807) is 18.3 Å². The number of carbonyl (C=O) groups is 4. The van der Waals surface area contributed by atoms with Gasteiger partial charge in [0.05, 0.1) is 11.9 Å². The monoisotopic (exact) mass is 674 g/mol. The molecule has 252 valence electrons. The predicted molar refractivity (Wildman–Crippen MR) is 175 cm³/mol. The number of hydrogen-bond donors (Lipinski definition) is 3. The molecule has 2 saturated carbocycles. The average molecular weight is 675 g/mol. The van der Waals surface area contributed by atoms with Gasteiger partial charge in [-0.2, -0.15) is 4.98 Å². The largest absolute Gasteiger partial charge is 0.479 e. The fourth-order valence-corrected chi connectivity index (χ4v) is 7.40. The topological polar surface area (TPSA) is 173 Å². The minimum Gasteiger partial charge on any atom is -0.479 e. The standard InChI is InChI=1S/C34H38N6O7S/c41-28-26-17-22(46-29-23-14-16-48-30(23)38-27(37-29)24-12-6-7-15-35-24)19-40(26)31(42)25(36-33(45)47-21-10-8-11-21)13-5-3-1-2-4-9-20-18-34(20,39-28)32(43)44/h4,6-7,9,12,14-16,20-22,25-26H,1-3,5,8,10-11,13,17-19H2,(H,36,45)(H,39,41)(H,43,44)/t20-,22-,25+,26+,34-/m1/s1. The molecule has 14 heteroatoms. The first kappa shape index (κ1) is 32.0. The lowest BCUT2D eigenvalue weighted by atomic mass is 9.96. The van der Waals surface area contributed by atoms with Gasteiger partial charge in [0.1, 0.15) is 40.4 Å². The Morgan fingerprint density at radius 2 is 1.94 bits per heavy atom. The highest BCUT2D eigenvalue weighted by atomic mass is 32.1. The van der Waals surface area contributed by atoms with Crippen molar-refractivity contribution in [2.45, 2.75) is 94.0 Å². The molecular weight excluding hydrogens is 636 g/mol. The molecule has 4 aliphatic rings. The van der Waals surface area contributed by atoms with E-state index in [4.69, 9.17) is 9.47 Å². The van der Waals surface area contributed by atoms with Crippen LogP contribution in [0.25, 0.3) is 21.7 Å². The summed E-state index contributed by atoms with van der Waals surface area (Å²) in [4.78, 5) is 69.4. The van der Waals surface area contributed by atoms with Crippen molar-refractivity contribution in [3.05, 3.63) is 48.0 Å². The van der Waals surface area contributed by atoms with Gasteiger partial charge in [0.15, 0.2) is 5.82 Å². The molecular formula is C34H38N6O7S. The summed E-state index contributed by atoms with van der Waals surface area (Å²) in [5.41, 5.74) is -0.861. The Hall–Kier alpha value is -4.59. The van der Waals surface area contributed by atoms with Gasteiger partial charge in [-0.15, -0.1) is 11.3 Å². The number of pyridine rings is 1. The number of thiophene rings is 1. The number of rotatable bonds is 6. The second-order valence-corrected chi connectivity index (χ2v) is 13.9. The van der Waals surface area contributed by atoms with Gasteiger partial charge in [0, 0.05) is 18.5 Å². The molecule has 0 aromatic carbocycles. The third-order valence-corrected chi connectivity index (χ3v) is 10.5. The zero-order valence-corrected chi connectivity index (χ0v) is 27.2. The van der Waals surface area contributed by atoms with Gasteiger partial charge in [0.25, 0.3) is 0 Å². The van der Waals surface area contributed by atoms with Gasteiger partial charge >= 0.3 is 12.1 Å². The summed E-state index contributed by atoms with van der Waals surface area (Å²) in [5, 5.41) is 18.3. The predicted octanol–water partition coefficient (Wildman–Crippen LogP) is 4.23. The van der Waals surface area contributed by atoms with E-state index in [0.717, 1.165) is 38.5 Å².